The van der Waals surface area contributed by atoms with Gasteiger partial charge in [-0.25, -0.2) is 4.79 Å². The number of amides is 1. The van der Waals surface area contributed by atoms with Gasteiger partial charge < -0.3 is 10.0 Å². The van der Waals surface area contributed by atoms with Crippen molar-refractivity contribution < 1.29 is 14.7 Å². The molecule has 82 valence electrons. The Morgan fingerprint density at radius 1 is 1.50 bits per heavy atom. The first-order valence-electron chi connectivity index (χ1n) is 4.52. The van der Waals surface area contributed by atoms with Gasteiger partial charge in [-0.3, -0.25) is 4.79 Å². The lowest BCUT2D eigenvalue weighted by molar-refractivity contribution is -0.155. The first-order chi connectivity index (χ1) is 7.54. The molecule has 5 nitrogen and oxygen atoms in total. The Morgan fingerprint density at radius 3 is 2.75 bits per heavy atom. The number of likely N-dealkylation sites (N-methyl/N-ethyl adjacent to an activating group) is 1. The fourth-order valence-electron chi connectivity index (χ4n) is 1.25. The summed E-state index contributed by atoms with van der Waals surface area (Å²) in [6.07, 6.45) is 0. The van der Waals surface area contributed by atoms with Crippen molar-refractivity contribution >= 4 is 11.9 Å². The average molecular weight is 218 g/mol. The van der Waals surface area contributed by atoms with Crippen LogP contribution in [-0.2, 0) is 16.1 Å². The molecule has 0 saturated heterocycles. The number of carboxylic acid groups (broad SMARTS) is 1. The second-order valence-corrected chi connectivity index (χ2v) is 3.28. The summed E-state index contributed by atoms with van der Waals surface area (Å²) in [6.45, 7) is 0.167. The van der Waals surface area contributed by atoms with Crippen molar-refractivity contribution in [2.24, 2.45) is 0 Å². The Morgan fingerprint density at radius 2 is 2.19 bits per heavy atom. The van der Waals surface area contributed by atoms with E-state index in [4.69, 9.17) is 10.4 Å². The normalized spacial score (nSPS) is 9.25. The highest BCUT2D eigenvalue weighted by atomic mass is 16.4. The van der Waals surface area contributed by atoms with Crippen LogP contribution in [-0.4, -0.2) is 28.9 Å². The third-order valence-corrected chi connectivity index (χ3v) is 2.01. The smallest absolute Gasteiger partial charge is 0.394 e. The molecule has 16 heavy (non-hydrogen) atoms. The summed E-state index contributed by atoms with van der Waals surface area (Å²) < 4.78 is 0. The minimum Gasteiger partial charge on any atom is -0.474 e. The SMILES string of the molecule is CN(Cc1cccc(C#N)c1)C(=O)C(=O)O. The molecule has 0 aliphatic carbocycles. The summed E-state index contributed by atoms with van der Waals surface area (Å²) >= 11 is 0. The van der Waals surface area contributed by atoms with E-state index in [1.54, 1.807) is 24.3 Å². The van der Waals surface area contributed by atoms with Crippen LogP contribution in [0.1, 0.15) is 11.1 Å². The number of hydrogen-bond donors (Lipinski definition) is 1. The van der Waals surface area contributed by atoms with Gasteiger partial charge in [0.2, 0.25) is 0 Å². The second kappa shape index (κ2) is 4.94. The molecule has 0 fully saturated rings. The van der Waals surface area contributed by atoms with E-state index in [9.17, 15) is 9.59 Å². The van der Waals surface area contributed by atoms with Gasteiger partial charge in [0.05, 0.1) is 11.6 Å². The topological polar surface area (TPSA) is 81.4 Å². The van der Waals surface area contributed by atoms with Gasteiger partial charge in [-0.15, -0.1) is 0 Å². The molecule has 1 rings (SSSR count). The molecular weight excluding hydrogens is 208 g/mol. The molecule has 1 aromatic rings. The maximum Gasteiger partial charge on any atom is 0.394 e. The van der Waals surface area contributed by atoms with Gasteiger partial charge >= 0.3 is 11.9 Å². The number of aliphatic carboxylic acids is 1. The van der Waals surface area contributed by atoms with Crippen LogP contribution in [0.25, 0.3) is 0 Å². The lowest BCUT2D eigenvalue weighted by Gasteiger charge is -2.14. The third-order valence-electron chi connectivity index (χ3n) is 2.01. The predicted octanol–water partition coefficient (Wildman–Crippen LogP) is 0.601. The van der Waals surface area contributed by atoms with E-state index in [0.29, 0.717) is 5.56 Å². The number of carbonyl (C=O) groups excluding carboxylic acids is 1. The van der Waals surface area contributed by atoms with Crippen molar-refractivity contribution in [3.63, 3.8) is 0 Å². The summed E-state index contributed by atoms with van der Waals surface area (Å²) in [5.41, 5.74) is 1.20. The fraction of sp³-hybridized carbons (Fsp3) is 0.182. The summed E-state index contributed by atoms with van der Waals surface area (Å²) in [7, 11) is 1.40. The van der Waals surface area contributed by atoms with Gasteiger partial charge in [-0.05, 0) is 17.7 Å². The van der Waals surface area contributed by atoms with Crippen LogP contribution in [0.2, 0.25) is 0 Å². The van der Waals surface area contributed by atoms with E-state index in [1.165, 1.54) is 7.05 Å². The quantitative estimate of drug-likeness (QED) is 0.737. The van der Waals surface area contributed by atoms with E-state index in [1.807, 2.05) is 6.07 Å². The van der Waals surface area contributed by atoms with Gasteiger partial charge in [0.15, 0.2) is 0 Å². The number of carbonyl (C=O) groups is 2. The molecule has 0 aromatic heterocycles. The molecule has 0 radical (unpaired) electrons. The van der Waals surface area contributed by atoms with Crippen LogP contribution in [0, 0.1) is 11.3 Å². The molecule has 1 amide bonds. The van der Waals surface area contributed by atoms with Crippen molar-refractivity contribution in [1.82, 2.24) is 4.90 Å². The van der Waals surface area contributed by atoms with Gasteiger partial charge in [0.1, 0.15) is 0 Å². The van der Waals surface area contributed by atoms with E-state index >= 15 is 0 Å². The number of benzene rings is 1. The fourth-order valence-corrected chi connectivity index (χ4v) is 1.25. The third kappa shape index (κ3) is 2.82. The highest BCUT2D eigenvalue weighted by Crippen LogP contribution is 2.06. The number of hydrogen-bond acceptors (Lipinski definition) is 3. The molecule has 1 N–H and O–H groups in total. The van der Waals surface area contributed by atoms with Crippen molar-refractivity contribution in [1.29, 1.82) is 5.26 Å². The first kappa shape index (κ1) is 11.7. The maximum absolute atomic E-state index is 11.1. The molecule has 0 spiro atoms. The van der Waals surface area contributed by atoms with Crippen LogP contribution < -0.4 is 0 Å². The number of carboxylic acids is 1. The molecule has 0 saturated carbocycles. The van der Waals surface area contributed by atoms with E-state index < -0.39 is 11.9 Å². The summed E-state index contributed by atoms with van der Waals surface area (Å²) in [5, 5.41) is 17.2. The molecule has 0 heterocycles. The van der Waals surface area contributed by atoms with Crippen LogP contribution in [0.5, 0.6) is 0 Å². The van der Waals surface area contributed by atoms with Crippen molar-refractivity contribution in [3.8, 4) is 6.07 Å². The molecule has 0 aliphatic heterocycles. The van der Waals surface area contributed by atoms with E-state index in [2.05, 4.69) is 0 Å². The minimum absolute atomic E-state index is 0.167. The molecular formula is C11H10N2O3. The Labute approximate surface area is 92.5 Å². The maximum atomic E-state index is 11.1. The molecule has 0 unspecified atom stereocenters. The Balaban J connectivity index is 2.77. The Bertz CT molecular complexity index is 463. The van der Waals surface area contributed by atoms with Crippen LogP contribution in [0.3, 0.4) is 0 Å². The predicted molar refractivity (Wildman–Crippen MR) is 55.3 cm³/mol. The van der Waals surface area contributed by atoms with Crippen molar-refractivity contribution in [2.45, 2.75) is 6.54 Å². The van der Waals surface area contributed by atoms with Crippen LogP contribution in [0.15, 0.2) is 24.3 Å². The molecule has 0 bridgehead atoms. The summed E-state index contributed by atoms with van der Waals surface area (Å²) in [6, 6.07) is 8.65. The standard InChI is InChI=1S/C11H10N2O3/c1-13(10(14)11(15)16)7-9-4-2-3-8(5-9)6-12/h2-5H,7H2,1H3,(H,15,16). The van der Waals surface area contributed by atoms with Gasteiger partial charge in [-0.1, -0.05) is 12.1 Å². The van der Waals surface area contributed by atoms with Crippen LogP contribution in [0.4, 0.5) is 0 Å². The Hall–Kier alpha value is -2.35. The monoisotopic (exact) mass is 218 g/mol. The lowest BCUT2D eigenvalue weighted by atomic mass is 10.1. The zero-order chi connectivity index (χ0) is 12.1. The first-order valence-corrected chi connectivity index (χ1v) is 4.52. The summed E-state index contributed by atoms with van der Waals surface area (Å²) in [4.78, 5) is 22.6. The number of nitriles is 1. The largest absolute Gasteiger partial charge is 0.474 e. The highest BCUT2D eigenvalue weighted by Gasteiger charge is 2.16. The lowest BCUT2D eigenvalue weighted by Crippen LogP contribution is -2.32. The van der Waals surface area contributed by atoms with Gasteiger partial charge in [0, 0.05) is 13.6 Å². The summed E-state index contributed by atoms with van der Waals surface area (Å²) in [5.74, 6) is -2.46. The molecule has 0 atom stereocenters. The number of nitrogens with zero attached hydrogens (tertiary/aromatic N) is 2. The average Bonchev–Trinajstić information content (AvgIpc) is 2.28. The van der Waals surface area contributed by atoms with E-state index in [0.717, 1.165) is 10.5 Å². The molecule has 0 aliphatic rings. The minimum atomic E-state index is -1.49. The molecule has 5 heteroatoms. The Kier molecular flexibility index (Phi) is 3.62. The highest BCUT2D eigenvalue weighted by molar-refractivity contribution is 6.31. The molecule has 1 aromatic carbocycles. The van der Waals surface area contributed by atoms with Crippen LogP contribution >= 0.6 is 0 Å². The zero-order valence-electron chi connectivity index (χ0n) is 8.67. The second-order valence-electron chi connectivity index (χ2n) is 3.28. The zero-order valence-corrected chi connectivity index (χ0v) is 8.67. The van der Waals surface area contributed by atoms with Crippen molar-refractivity contribution in [3.05, 3.63) is 35.4 Å². The van der Waals surface area contributed by atoms with Gasteiger partial charge in [-0.2, -0.15) is 5.26 Å². The number of rotatable bonds is 2. The van der Waals surface area contributed by atoms with E-state index in [-0.39, 0.29) is 6.54 Å². The van der Waals surface area contributed by atoms with Gasteiger partial charge in [0.25, 0.3) is 0 Å². The van der Waals surface area contributed by atoms with Crippen molar-refractivity contribution in [2.75, 3.05) is 7.05 Å².